The number of hydrogen-bond acceptors (Lipinski definition) is 4. The van der Waals surface area contributed by atoms with Crippen LogP contribution in [0.3, 0.4) is 0 Å². The minimum atomic E-state index is -3.38. The van der Waals surface area contributed by atoms with Gasteiger partial charge in [0, 0.05) is 25.8 Å². The monoisotopic (exact) mass is 348 g/mol. The summed E-state index contributed by atoms with van der Waals surface area (Å²) in [5.41, 5.74) is 0.651. The number of carboxylic acid groups (broad SMARTS) is 1. The summed E-state index contributed by atoms with van der Waals surface area (Å²) in [6.07, 6.45) is 1.40. The number of carbonyl (C=O) groups is 2. The van der Waals surface area contributed by atoms with Crippen LogP contribution in [0, 0.1) is 0 Å². The van der Waals surface area contributed by atoms with Crippen molar-refractivity contribution >= 4 is 33.4 Å². The zero-order chi connectivity index (χ0) is 16.8. The van der Waals surface area contributed by atoms with Gasteiger partial charge in [-0.2, -0.15) is 0 Å². The van der Waals surface area contributed by atoms with Gasteiger partial charge >= 0.3 is 12.0 Å². The molecule has 0 aliphatic heterocycles. The Kier molecular flexibility index (Phi) is 6.63. The van der Waals surface area contributed by atoms with Gasteiger partial charge in [0.25, 0.3) is 0 Å². The summed E-state index contributed by atoms with van der Waals surface area (Å²) >= 11 is 5.90. The van der Waals surface area contributed by atoms with Crippen molar-refractivity contribution < 1.29 is 23.1 Å². The van der Waals surface area contributed by atoms with Crippen molar-refractivity contribution in [2.75, 3.05) is 12.8 Å². The van der Waals surface area contributed by atoms with Gasteiger partial charge < -0.3 is 15.7 Å². The Morgan fingerprint density at radius 1 is 1.27 bits per heavy atom. The Labute approximate surface area is 133 Å². The third kappa shape index (κ3) is 6.31. The van der Waals surface area contributed by atoms with Gasteiger partial charge in [-0.3, -0.25) is 4.79 Å². The maximum atomic E-state index is 11.5. The van der Waals surface area contributed by atoms with Gasteiger partial charge in [-0.15, -0.1) is 0 Å². The molecule has 9 heteroatoms. The Morgan fingerprint density at radius 3 is 2.50 bits per heavy atom. The van der Waals surface area contributed by atoms with E-state index in [2.05, 4.69) is 10.6 Å². The van der Waals surface area contributed by atoms with Crippen LogP contribution in [-0.4, -0.2) is 38.3 Å². The average Bonchev–Trinajstić information content (AvgIpc) is 2.39. The lowest BCUT2D eigenvalue weighted by Crippen LogP contribution is -2.35. The Balaban J connectivity index is 2.47. The summed E-state index contributed by atoms with van der Waals surface area (Å²) in [6.45, 7) is 0.431. The fraction of sp³-hybridized carbons (Fsp3) is 0.385. The summed E-state index contributed by atoms with van der Waals surface area (Å²) in [5.74, 6) is -0.914. The summed E-state index contributed by atoms with van der Waals surface area (Å²) < 4.78 is 22.8. The van der Waals surface area contributed by atoms with Crippen LogP contribution in [0.1, 0.15) is 18.4 Å². The quantitative estimate of drug-likeness (QED) is 0.645. The number of nitrogens with one attached hydrogen (secondary N) is 2. The molecule has 0 aliphatic carbocycles. The Morgan fingerprint density at radius 2 is 1.95 bits per heavy atom. The molecule has 1 aromatic rings. The van der Waals surface area contributed by atoms with E-state index in [-0.39, 0.29) is 29.4 Å². The fourth-order valence-corrected chi connectivity index (χ4v) is 2.99. The number of rotatable bonds is 7. The molecule has 0 bridgehead atoms. The molecule has 0 radical (unpaired) electrons. The van der Waals surface area contributed by atoms with Crippen molar-refractivity contribution in [3.05, 3.63) is 28.8 Å². The van der Waals surface area contributed by atoms with Gasteiger partial charge in [-0.05, 0) is 24.1 Å². The summed E-state index contributed by atoms with van der Waals surface area (Å²) in [4.78, 5) is 21.8. The van der Waals surface area contributed by atoms with E-state index < -0.39 is 21.8 Å². The van der Waals surface area contributed by atoms with E-state index in [0.717, 1.165) is 6.26 Å². The number of halogens is 1. The molecule has 122 valence electrons. The standard InChI is InChI=1S/C13H17ClN2O5S/c1-22(20,21)11-5-4-9(7-10(11)14)8-16-13(19)15-6-2-3-12(17)18/h4-5,7H,2-3,6,8H2,1H3,(H,17,18)(H2,15,16,19). The van der Waals surface area contributed by atoms with Crippen LogP contribution >= 0.6 is 11.6 Å². The highest BCUT2D eigenvalue weighted by atomic mass is 35.5. The lowest BCUT2D eigenvalue weighted by atomic mass is 10.2. The van der Waals surface area contributed by atoms with Crippen LogP contribution in [0.2, 0.25) is 5.02 Å². The molecule has 0 saturated heterocycles. The predicted molar refractivity (Wildman–Crippen MR) is 81.7 cm³/mol. The molecule has 0 unspecified atom stereocenters. The van der Waals surface area contributed by atoms with E-state index in [1.54, 1.807) is 6.07 Å². The van der Waals surface area contributed by atoms with E-state index in [9.17, 15) is 18.0 Å². The second-order valence-electron chi connectivity index (χ2n) is 4.64. The zero-order valence-corrected chi connectivity index (χ0v) is 13.5. The third-order valence-corrected chi connectivity index (χ3v) is 4.28. The van der Waals surface area contributed by atoms with Gasteiger partial charge in [-0.25, -0.2) is 13.2 Å². The summed E-state index contributed by atoms with van der Waals surface area (Å²) in [6, 6.07) is 3.99. The molecule has 0 fully saturated rings. The SMILES string of the molecule is CS(=O)(=O)c1ccc(CNC(=O)NCCCC(=O)O)cc1Cl. The number of sulfone groups is 1. The first kappa shape index (κ1) is 18.2. The largest absolute Gasteiger partial charge is 0.481 e. The molecular formula is C13H17ClN2O5S. The molecular weight excluding hydrogens is 332 g/mol. The lowest BCUT2D eigenvalue weighted by Gasteiger charge is -2.09. The van der Waals surface area contributed by atoms with Gasteiger partial charge in [0.2, 0.25) is 0 Å². The van der Waals surface area contributed by atoms with E-state index in [1.807, 2.05) is 0 Å². The fourth-order valence-electron chi connectivity index (χ4n) is 1.64. The van der Waals surface area contributed by atoms with E-state index >= 15 is 0 Å². The van der Waals surface area contributed by atoms with Crippen LogP contribution < -0.4 is 10.6 Å². The van der Waals surface area contributed by atoms with Crippen LogP contribution in [0.4, 0.5) is 4.79 Å². The number of amides is 2. The third-order valence-electron chi connectivity index (χ3n) is 2.70. The van der Waals surface area contributed by atoms with E-state index in [4.69, 9.17) is 16.7 Å². The molecule has 1 aromatic carbocycles. The molecule has 0 aliphatic rings. The van der Waals surface area contributed by atoms with Crippen LogP contribution in [0.15, 0.2) is 23.1 Å². The van der Waals surface area contributed by atoms with Crippen molar-refractivity contribution in [2.24, 2.45) is 0 Å². The van der Waals surface area contributed by atoms with Gasteiger partial charge in [0.15, 0.2) is 9.84 Å². The highest BCUT2D eigenvalue weighted by Gasteiger charge is 2.12. The van der Waals surface area contributed by atoms with Crippen molar-refractivity contribution in [1.82, 2.24) is 10.6 Å². The van der Waals surface area contributed by atoms with Gasteiger partial charge in [0.05, 0.1) is 9.92 Å². The van der Waals surface area contributed by atoms with Crippen LogP contribution in [-0.2, 0) is 21.2 Å². The molecule has 0 atom stereocenters. The van der Waals surface area contributed by atoms with Crippen LogP contribution in [0.25, 0.3) is 0 Å². The molecule has 0 aromatic heterocycles. The molecule has 2 amide bonds. The maximum Gasteiger partial charge on any atom is 0.315 e. The number of benzene rings is 1. The Bertz CT molecular complexity index is 660. The first-order valence-electron chi connectivity index (χ1n) is 6.42. The Hall–Kier alpha value is -1.80. The smallest absolute Gasteiger partial charge is 0.315 e. The average molecular weight is 349 g/mol. The molecule has 0 spiro atoms. The van der Waals surface area contributed by atoms with Crippen molar-refractivity contribution in [3.63, 3.8) is 0 Å². The molecule has 3 N–H and O–H groups in total. The topological polar surface area (TPSA) is 113 Å². The maximum absolute atomic E-state index is 11.5. The first-order valence-corrected chi connectivity index (χ1v) is 8.69. The number of carbonyl (C=O) groups excluding carboxylic acids is 1. The van der Waals surface area contributed by atoms with Crippen LogP contribution in [0.5, 0.6) is 0 Å². The zero-order valence-electron chi connectivity index (χ0n) is 11.9. The van der Waals surface area contributed by atoms with Crippen molar-refractivity contribution in [2.45, 2.75) is 24.3 Å². The number of urea groups is 1. The second kappa shape index (κ2) is 8.00. The van der Waals surface area contributed by atoms with Crippen molar-refractivity contribution in [1.29, 1.82) is 0 Å². The minimum absolute atomic E-state index is 0.0111. The molecule has 22 heavy (non-hydrogen) atoms. The molecule has 0 saturated carbocycles. The van der Waals surface area contributed by atoms with E-state index in [0.29, 0.717) is 12.0 Å². The predicted octanol–water partition coefficient (Wildman–Crippen LogP) is 1.41. The molecule has 0 heterocycles. The van der Waals surface area contributed by atoms with E-state index in [1.165, 1.54) is 12.1 Å². The highest BCUT2D eigenvalue weighted by molar-refractivity contribution is 7.90. The van der Waals surface area contributed by atoms with Crippen molar-refractivity contribution in [3.8, 4) is 0 Å². The number of aliphatic carboxylic acids is 1. The summed E-state index contributed by atoms with van der Waals surface area (Å²) in [5, 5.41) is 13.6. The number of carboxylic acids is 1. The molecule has 1 rings (SSSR count). The lowest BCUT2D eigenvalue weighted by molar-refractivity contribution is -0.137. The summed E-state index contributed by atoms with van der Waals surface area (Å²) in [7, 11) is -3.38. The second-order valence-corrected chi connectivity index (χ2v) is 7.04. The van der Waals surface area contributed by atoms with Gasteiger partial charge in [-0.1, -0.05) is 17.7 Å². The first-order chi connectivity index (χ1) is 10.2. The normalized spacial score (nSPS) is 11.0. The number of hydrogen-bond donors (Lipinski definition) is 3. The van der Waals surface area contributed by atoms with Gasteiger partial charge in [0.1, 0.15) is 0 Å². The minimum Gasteiger partial charge on any atom is -0.481 e. The molecule has 7 nitrogen and oxygen atoms in total. The highest BCUT2D eigenvalue weighted by Crippen LogP contribution is 2.22.